The predicted molar refractivity (Wildman–Crippen MR) is 87.4 cm³/mol. The molecule has 0 aliphatic heterocycles. The van der Waals surface area contributed by atoms with Crippen molar-refractivity contribution in [1.29, 1.82) is 0 Å². The second-order valence-electron chi connectivity index (χ2n) is 4.82. The van der Waals surface area contributed by atoms with E-state index >= 15 is 0 Å². The molecule has 7 heteroatoms. The van der Waals surface area contributed by atoms with Crippen molar-refractivity contribution in [3.8, 4) is 5.75 Å². The van der Waals surface area contributed by atoms with Gasteiger partial charge in [-0.1, -0.05) is 15.9 Å². The molecule has 4 nitrogen and oxygen atoms in total. The number of aryl methyl sites for hydroxylation is 2. The maximum Gasteiger partial charge on any atom is 0.262 e. The molecule has 0 unspecified atom stereocenters. The van der Waals surface area contributed by atoms with Gasteiger partial charge < -0.3 is 4.74 Å². The average Bonchev–Trinajstić information content (AvgIpc) is 2.40. The molecule has 1 N–H and O–H groups in total. The minimum absolute atomic E-state index is 0.0992. The van der Waals surface area contributed by atoms with E-state index in [4.69, 9.17) is 4.74 Å². The van der Waals surface area contributed by atoms with E-state index in [1.54, 1.807) is 32.0 Å². The van der Waals surface area contributed by atoms with Crippen molar-refractivity contribution in [2.24, 2.45) is 0 Å². The summed E-state index contributed by atoms with van der Waals surface area (Å²) in [5.41, 5.74) is 0.960. The van der Waals surface area contributed by atoms with Crippen LogP contribution >= 0.6 is 15.9 Å². The van der Waals surface area contributed by atoms with E-state index in [0.717, 1.165) is 0 Å². The van der Waals surface area contributed by atoms with Gasteiger partial charge in [-0.05, 0) is 55.3 Å². The molecule has 0 saturated carbocycles. The van der Waals surface area contributed by atoms with Gasteiger partial charge in [0.05, 0.1) is 17.7 Å². The van der Waals surface area contributed by atoms with Gasteiger partial charge in [-0.3, -0.25) is 4.72 Å². The number of rotatable bonds is 4. The highest BCUT2D eigenvalue weighted by Crippen LogP contribution is 2.28. The van der Waals surface area contributed by atoms with Crippen LogP contribution in [0.3, 0.4) is 0 Å². The predicted octanol–water partition coefficient (Wildman–Crippen LogP) is 4.01. The summed E-state index contributed by atoms with van der Waals surface area (Å²) >= 11 is 3.13. The average molecular weight is 388 g/mol. The highest BCUT2D eigenvalue weighted by atomic mass is 79.9. The Morgan fingerprint density at radius 3 is 2.23 bits per heavy atom. The summed E-state index contributed by atoms with van der Waals surface area (Å²) in [4.78, 5) is 0.121. The zero-order valence-corrected chi connectivity index (χ0v) is 14.7. The molecule has 2 aromatic rings. The van der Waals surface area contributed by atoms with Crippen molar-refractivity contribution in [3.63, 3.8) is 0 Å². The lowest BCUT2D eigenvalue weighted by molar-refractivity contribution is 0.413. The van der Waals surface area contributed by atoms with E-state index in [-0.39, 0.29) is 10.6 Å². The van der Waals surface area contributed by atoms with Gasteiger partial charge in [0.25, 0.3) is 10.0 Å². The first-order chi connectivity index (χ1) is 10.2. The van der Waals surface area contributed by atoms with Crippen molar-refractivity contribution in [2.45, 2.75) is 18.7 Å². The minimum atomic E-state index is -3.90. The van der Waals surface area contributed by atoms with Gasteiger partial charge in [-0.15, -0.1) is 0 Å². The fourth-order valence-corrected chi connectivity index (χ4v) is 4.08. The molecule has 0 fully saturated rings. The first kappa shape index (κ1) is 16.8. The van der Waals surface area contributed by atoms with Crippen LogP contribution in [0.25, 0.3) is 0 Å². The molecule has 2 rings (SSSR count). The number of hydrogen-bond donors (Lipinski definition) is 1. The molecule has 0 atom stereocenters. The summed E-state index contributed by atoms with van der Waals surface area (Å²) < 4.78 is 46.9. The first-order valence-electron chi connectivity index (χ1n) is 6.37. The lowest BCUT2D eigenvalue weighted by Crippen LogP contribution is -2.16. The second kappa shape index (κ2) is 6.26. The van der Waals surface area contributed by atoms with Crippen LogP contribution < -0.4 is 9.46 Å². The summed E-state index contributed by atoms with van der Waals surface area (Å²) in [6.45, 7) is 3.34. The highest BCUT2D eigenvalue weighted by Gasteiger charge is 2.22. The Morgan fingerprint density at radius 2 is 1.73 bits per heavy atom. The Balaban J connectivity index is 2.47. The summed E-state index contributed by atoms with van der Waals surface area (Å²) in [6.07, 6.45) is 0. The molecule has 0 spiro atoms. The van der Waals surface area contributed by atoms with Crippen LogP contribution in [0.2, 0.25) is 0 Å². The smallest absolute Gasteiger partial charge is 0.262 e. The topological polar surface area (TPSA) is 55.4 Å². The number of anilines is 1. The Labute approximate surface area is 137 Å². The molecule has 0 radical (unpaired) electrons. The molecule has 0 aliphatic rings. The van der Waals surface area contributed by atoms with Crippen LogP contribution in [0.5, 0.6) is 5.75 Å². The molecule has 2 aromatic carbocycles. The van der Waals surface area contributed by atoms with E-state index in [1.165, 1.54) is 19.2 Å². The van der Waals surface area contributed by atoms with Crippen molar-refractivity contribution in [3.05, 3.63) is 51.7 Å². The Bertz CT molecular complexity index is 799. The molecule has 0 bridgehead atoms. The second-order valence-corrected chi connectivity index (χ2v) is 7.35. The molecule has 0 amide bonds. The third kappa shape index (κ3) is 3.41. The van der Waals surface area contributed by atoms with Crippen molar-refractivity contribution >= 4 is 31.6 Å². The first-order valence-corrected chi connectivity index (χ1v) is 8.65. The highest BCUT2D eigenvalue weighted by molar-refractivity contribution is 9.10. The summed E-state index contributed by atoms with van der Waals surface area (Å²) in [5, 5.41) is 0. The van der Waals surface area contributed by atoms with Crippen LogP contribution in [0.15, 0.2) is 39.7 Å². The molecule has 0 heterocycles. The maximum atomic E-state index is 13.8. The fourth-order valence-electron chi connectivity index (χ4n) is 2.22. The zero-order chi connectivity index (χ0) is 16.5. The maximum absolute atomic E-state index is 13.8. The molecule has 0 aliphatic carbocycles. The largest absolute Gasteiger partial charge is 0.497 e. The monoisotopic (exact) mass is 387 g/mol. The molecular formula is C15H15BrFNO3S. The van der Waals surface area contributed by atoms with Gasteiger partial charge in [0.2, 0.25) is 0 Å². The summed E-state index contributed by atoms with van der Waals surface area (Å²) in [5.74, 6) is -0.0782. The molecule has 118 valence electrons. The number of ether oxygens (including phenoxy) is 1. The Morgan fingerprint density at radius 1 is 1.14 bits per heavy atom. The molecular weight excluding hydrogens is 373 g/mol. The van der Waals surface area contributed by atoms with Gasteiger partial charge in [0.15, 0.2) is 0 Å². The number of nitrogens with one attached hydrogen (secondary N) is 1. The van der Waals surface area contributed by atoms with Crippen molar-refractivity contribution in [1.82, 2.24) is 0 Å². The normalized spacial score (nSPS) is 11.3. The molecule has 22 heavy (non-hydrogen) atoms. The number of halogens is 2. The van der Waals surface area contributed by atoms with E-state index in [9.17, 15) is 12.8 Å². The van der Waals surface area contributed by atoms with Crippen LogP contribution in [0.1, 0.15) is 11.1 Å². The van der Waals surface area contributed by atoms with E-state index < -0.39 is 15.8 Å². The van der Waals surface area contributed by atoms with E-state index in [1.807, 2.05) is 0 Å². The lowest BCUT2D eigenvalue weighted by Gasteiger charge is -2.14. The fraction of sp³-hybridized carbons (Fsp3) is 0.200. The van der Waals surface area contributed by atoms with Crippen LogP contribution in [-0.2, 0) is 10.0 Å². The van der Waals surface area contributed by atoms with Crippen LogP contribution in [-0.4, -0.2) is 15.5 Å². The Hall–Kier alpha value is -1.60. The van der Waals surface area contributed by atoms with Gasteiger partial charge >= 0.3 is 0 Å². The van der Waals surface area contributed by atoms with Gasteiger partial charge in [0.1, 0.15) is 11.6 Å². The summed E-state index contributed by atoms with van der Waals surface area (Å²) in [6, 6.07) is 7.38. The van der Waals surface area contributed by atoms with Gasteiger partial charge in [-0.2, -0.15) is 0 Å². The quantitative estimate of drug-likeness (QED) is 0.861. The summed E-state index contributed by atoms with van der Waals surface area (Å²) in [7, 11) is -2.38. The van der Waals surface area contributed by atoms with Gasteiger partial charge in [-0.25, -0.2) is 12.8 Å². The van der Waals surface area contributed by atoms with Crippen LogP contribution in [0, 0.1) is 19.7 Å². The van der Waals surface area contributed by atoms with Crippen molar-refractivity contribution < 1.29 is 17.5 Å². The molecule has 0 aromatic heterocycles. The lowest BCUT2D eigenvalue weighted by atomic mass is 10.1. The third-order valence-electron chi connectivity index (χ3n) is 3.11. The SMILES string of the molecule is COc1cc(C)c(S(=O)(=O)Nc2ccc(Br)cc2F)c(C)c1. The standard InChI is InChI=1S/C15H15BrFNO3S/c1-9-6-12(21-3)7-10(2)15(9)22(19,20)18-14-5-4-11(16)8-13(14)17/h4-8,18H,1-3H3. The molecule has 0 saturated heterocycles. The number of hydrogen-bond acceptors (Lipinski definition) is 3. The third-order valence-corrected chi connectivity index (χ3v) is 5.28. The zero-order valence-electron chi connectivity index (χ0n) is 12.3. The van der Waals surface area contributed by atoms with Crippen molar-refractivity contribution in [2.75, 3.05) is 11.8 Å². The van der Waals surface area contributed by atoms with E-state index in [2.05, 4.69) is 20.7 Å². The van der Waals surface area contributed by atoms with Crippen LogP contribution in [0.4, 0.5) is 10.1 Å². The number of benzene rings is 2. The Kier molecular flexibility index (Phi) is 4.77. The number of methoxy groups -OCH3 is 1. The van der Waals surface area contributed by atoms with E-state index in [0.29, 0.717) is 21.3 Å². The minimum Gasteiger partial charge on any atom is -0.497 e. The van der Waals surface area contributed by atoms with Gasteiger partial charge in [0, 0.05) is 4.47 Å². The number of sulfonamides is 1.